The summed E-state index contributed by atoms with van der Waals surface area (Å²) in [5.74, 6) is 0. The van der Waals surface area contributed by atoms with Crippen LogP contribution in [0.5, 0.6) is 0 Å². The van der Waals surface area contributed by atoms with Crippen LogP contribution in [0.2, 0.25) is 0 Å². The second kappa shape index (κ2) is 6.34. The predicted octanol–water partition coefficient (Wildman–Crippen LogP) is 3.09. The van der Waals surface area contributed by atoms with Crippen molar-refractivity contribution in [2.45, 2.75) is 18.9 Å². The number of benzene rings is 2. The summed E-state index contributed by atoms with van der Waals surface area (Å²) in [5.41, 5.74) is 15.3. The van der Waals surface area contributed by atoms with Gasteiger partial charge in [-0.25, -0.2) is 0 Å². The van der Waals surface area contributed by atoms with Crippen molar-refractivity contribution in [2.75, 3.05) is 6.54 Å². The molecule has 2 heteroatoms. The Balaban J connectivity index is 2.20. The Bertz CT molecular complexity index is 479. The van der Waals surface area contributed by atoms with Crippen LogP contribution in [0.4, 0.5) is 0 Å². The highest BCUT2D eigenvalue weighted by molar-refractivity contribution is 5.64. The van der Waals surface area contributed by atoms with E-state index in [4.69, 9.17) is 11.5 Å². The van der Waals surface area contributed by atoms with Crippen LogP contribution in [0, 0.1) is 0 Å². The van der Waals surface area contributed by atoms with Gasteiger partial charge in [0.25, 0.3) is 0 Å². The zero-order valence-corrected chi connectivity index (χ0v) is 10.5. The first kappa shape index (κ1) is 12.8. The number of hydrogen-bond donors (Lipinski definition) is 2. The summed E-state index contributed by atoms with van der Waals surface area (Å²) in [5, 5.41) is 0. The molecule has 0 aliphatic carbocycles. The van der Waals surface area contributed by atoms with E-state index in [-0.39, 0.29) is 6.04 Å². The molecule has 0 heterocycles. The molecule has 0 fully saturated rings. The number of hydrogen-bond acceptors (Lipinski definition) is 2. The van der Waals surface area contributed by atoms with Gasteiger partial charge in [-0.1, -0.05) is 48.5 Å². The molecule has 2 nitrogen and oxygen atoms in total. The normalized spacial score (nSPS) is 12.3. The molecular weight excluding hydrogens is 220 g/mol. The van der Waals surface area contributed by atoms with E-state index in [0.717, 1.165) is 12.8 Å². The maximum absolute atomic E-state index is 6.17. The molecule has 0 aromatic heterocycles. The molecule has 0 amide bonds. The van der Waals surface area contributed by atoms with E-state index in [1.807, 2.05) is 6.07 Å². The molecule has 0 saturated carbocycles. The Kier molecular flexibility index (Phi) is 4.51. The van der Waals surface area contributed by atoms with Crippen molar-refractivity contribution in [2.24, 2.45) is 11.5 Å². The first-order chi connectivity index (χ1) is 8.81. The van der Waals surface area contributed by atoms with E-state index in [1.165, 1.54) is 16.7 Å². The highest BCUT2D eigenvalue weighted by Crippen LogP contribution is 2.23. The lowest BCUT2D eigenvalue weighted by Gasteiger charge is -2.13. The monoisotopic (exact) mass is 240 g/mol. The van der Waals surface area contributed by atoms with Gasteiger partial charge in [-0.15, -0.1) is 0 Å². The molecule has 1 atom stereocenters. The predicted molar refractivity (Wildman–Crippen MR) is 77.1 cm³/mol. The lowest BCUT2D eigenvalue weighted by Crippen LogP contribution is -2.12. The lowest BCUT2D eigenvalue weighted by atomic mass is 9.97. The molecule has 0 spiro atoms. The fraction of sp³-hybridized carbons (Fsp3) is 0.250. The second-order valence-electron chi connectivity index (χ2n) is 4.53. The van der Waals surface area contributed by atoms with Crippen molar-refractivity contribution in [1.82, 2.24) is 0 Å². The third kappa shape index (κ3) is 3.19. The summed E-state index contributed by atoms with van der Waals surface area (Å²) in [6, 6.07) is 18.9. The van der Waals surface area contributed by atoms with E-state index in [1.54, 1.807) is 0 Å². The topological polar surface area (TPSA) is 52.0 Å². The molecule has 0 aliphatic rings. The smallest absolute Gasteiger partial charge is 0.0295 e. The Morgan fingerprint density at radius 1 is 0.889 bits per heavy atom. The maximum atomic E-state index is 6.17. The third-order valence-electron chi connectivity index (χ3n) is 3.14. The highest BCUT2D eigenvalue weighted by Gasteiger charge is 2.06. The van der Waals surface area contributed by atoms with Gasteiger partial charge < -0.3 is 11.5 Å². The van der Waals surface area contributed by atoms with Gasteiger partial charge in [-0.3, -0.25) is 0 Å². The zero-order valence-electron chi connectivity index (χ0n) is 10.5. The van der Waals surface area contributed by atoms with Crippen LogP contribution in [0.25, 0.3) is 11.1 Å². The Morgan fingerprint density at radius 3 is 2.33 bits per heavy atom. The minimum Gasteiger partial charge on any atom is -0.330 e. The molecule has 2 rings (SSSR count). The first-order valence-electron chi connectivity index (χ1n) is 6.42. The van der Waals surface area contributed by atoms with Gasteiger partial charge in [0, 0.05) is 6.04 Å². The zero-order chi connectivity index (χ0) is 12.8. The van der Waals surface area contributed by atoms with Gasteiger partial charge >= 0.3 is 0 Å². The molecule has 0 radical (unpaired) electrons. The van der Waals surface area contributed by atoms with Gasteiger partial charge in [0.05, 0.1) is 0 Å². The Morgan fingerprint density at radius 2 is 1.61 bits per heavy atom. The minimum atomic E-state index is 0.0808. The van der Waals surface area contributed by atoms with E-state index in [2.05, 4.69) is 48.5 Å². The van der Waals surface area contributed by atoms with Crippen molar-refractivity contribution in [3.63, 3.8) is 0 Å². The van der Waals surface area contributed by atoms with Crippen molar-refractivity contribution < 1.29 is 0 Å². The molecule has 0 saturated heterocycles. The van der Waals surface area contributed by atoms with E-state index in [9.17, 15) is 0 Å². The van der Waals surface area contributed by atoms with E-state index >= 15 is 0 Å². The Hall–Kier alpha value is -1.64. The molecule has 0 unspecified atom stereocenters. The standard InChI is InChI=1S/C16H20N2/c17-11-5-10-16(18)15-9-4-8-14(12-15)13-6-2-1-3-7-13/h1-4,6-9,12,16H,5,10-11,17-18H2/t16-/m1/s1. The fourth-order valence-electron chi connectivity index (χ4n) is 2.08. The fourth-order valence-corrected chi connectivity index (χ4v) is 2.08. The van der Waals surface area contributed by atoms with Crippen molar-refractivity contribution >= 4 is 0 Å². The third-order valence-corrected chi connectivity index (χ3v) is 3.14. The van der Waals surface area contributed by atoms with Crippen LogP contribution >= 0.6 is 0 Å². The Labute approximate surface area is 109 Å². The minimum absolute atomic E-state index is 0.0808. The van der Waals surface area contributed by atoms with Gasteiger partial charge in [-0.05, 0) is 42.1 Å². The van der Waals surface area contributed by atoms with Crippen LogP contribution in [0.1, 0.15) is 24.4 Å². The molecule has 2 aromatic rings. The first-order valence-corrected chi connectivity index (χ1v) is 6.42. The average molecular weight is 240 g/mol. The molecule has 0 bridgehead atoms. The summed E-state index contributed by atoms with van der Waals surface area (Å²) in [6.45, 7) is 0.700. The summed E-state index contributed by atoms with van der Waals surface area (Å²) in [7, 11) is 0. The SMILES string of the molecule is NCCC[C@@H](N)c1cccc(-c2ccccc2)c1. The van der Waals surface area contributed by atoms with Gasteiger partial charge in [0.2, 0.25) is 0 Å². The molecule has 94 valence electrons. The number of rotatable bonds is 5. The molecule has 4 N–H and O–H groups in total. The van der Waals surface area contributed by atoms with E-state index < -0.39 is 0 Å². The van der Waals surface area contributed by atoms with Crippen LogP contribution in [0.3, 0.4) is 0 Å². The molecule has 18 heavy (non-hydrogen) atoms. The maximum Gasteiger partial charge on any atom is 0.0295 e. The van der Waals surface area contributed by atoms with Gasteiger partial charge in [-0.2, -0.15) is 0 Å². The lowest BCUT2D eigenvalue weighted by molar-refractivity contribution is 0.618. The summed E-state index contributed by atoms with van der Waals surface area (Å²) >= 11 is 0. The van der Waals surface area contributed by atoms with Gasteiger partial charge in [0.1, 0.15) is 0 Å². The summed E-state index contributed by atoms with van der Waals surface area (Å²) in [4.78, 5) is 0. The van der Waals surface area contributed by atoms with Crippen LogP contribution < -0.4 is 11.5 Å². The van der Waals surface area contributed by atoms with Crippen LogP contribution in [-0.4, -0.2) is 6.54 Å². The average Bonchev–Trinajstić information content (AvgIpc) is 2.46. The molecule has 0 aliphatic heterocycles. The quantitative estimate of drug-likeness (QED) is 0.843. The van der Waals surface area contributed by atoms with Crippen molar-refractivity contribution in [1.29, 1.82) is 0 Å². The van der Waals surface area contributed by atoms with Crippen molar-refractivity contribution in [3.05, 3.63) is 60.2 Å². The summed E-state index contributed by atoms with van der Waals surface area (Å²) < 4.78 is 0. The molecule has 2 aromatic carbocycles. The van der Waals surface area contributed by atoms with Crippen LogP contribution in [0.15, 0.2) is 54.6 Å². The molecular formula is C16H20N2. The summed E-state index contributed by atoms with van der Waals surface area (Å²) in [6.07, 6.45) is 1.91. The van der Waals surface area contributed by atoms with Crippen molar-refractivity contribution in [3.8, 4) is 11.1 Å². The number of nitrogens with two attached hydrogens (primary N) is 2. The van der Waals surface area contributed by atoms with Crippen LogP contribution in [-0.2, 0) is 0 Å². The van der Waals surface area contributed by atoms with Gasteiger partial charge in [0.15, 0.2) is 0 Å². The highest BCUT2D eigenvalue weighted by atomic mass is 14.6. The second-order valence-corrected chi connectivity index (χ2v) is 4.53. The largest absolute Gasteiger partial charge is 0.330 e. The van der Waals surface area contributed by atoms with E-state index in [0.29, 0.717) is 6.54 Å².